The molecule has 0 fully saturated rings. The summed E-state index contributed by atoms with van der Waals surface area (Å²) < 4.78 is 6.56. The first-order chi connectivity index (χ1) is 9.11. The van der Waals surface area contributed by atoms with Crippen LogP contribution in [0.15, 0.2) is 34.9 Å². The number of ether oxygens (including phenoxy) is 1. The number of rotatable bonds is 4. The predicted molar refractivity (Wildman–Crippen MR) is 81.6 cm³/mol. The highest BCUT2D eigenvalue weighted by atomic mass is 79.9. The first-order valence-corrected chi connectivity index (χ1v) is 7.08. The third-order valence-corrected chi connectivity index (χ3v) is 3.88. The second-order valence-corrected chi connectivity index (χ2v) is 5.25. The van der Waals surface area contributed by atoms with Crippen molar-refractivity contribution in [2.75, 3.05) is 5.73 Å². The Balaban J connectivity index is 2.19. The van der Waals surface area contributed by atoms with Gasteiger partial charge in [0.05, 0.1) is 16.4 Å². The van der Waals surface area contributed by atoms with E-state index in [2.05, 4.69) is 40.0 Å². The Morgan fingerprint density at radius 3 is 2.58 bits per heavy atom. The largest absolute Gasteiger partial charge is 0.438 e. The van der Waals surface area contributed by atoms with Crippen LogP contribution in [0.5, 0.6) is 11.6 Å². The number of nitrogens with two attached hydrogens (primary N) is 1. The van der Waals surface area contributed by atoms with E-state index in [1.807, 2.05) is 19.1 Å². The van der Waals surface area contributed by atoms with Crippen LogP contribution in [0.1, 0.15) is 24.5 Å². The second-order valence-electron chi connectivity index (χ2n) is 4.45. The summed E-state index contributed by atoms with van der Waals surface area (Å²) in [4.78, 5) is 4.20. The number of benzene rings is 1. The van der Waals surface area contributed by atoms with Gasteiger partial charge in [-0.15, -0.1) is 0 Å². The number of aromatic nitrogens is 1. The van der Waals surface area contributed by atoms with Crippen LogP contribution in [0.2, 0.25) is 0 Å². The summed E-state index contributed by atoms with van der Waals surface area (Å²) >= 11 is 3.46. The van der Waals surface area contributed by atoms with E-state index in [0.717, 1.165) is 28.6 Å². The summed E-state index contributed by atoms with van der Waals surface area (Å²) in [6, 6.07) is 8.09. The number of hydrogen-bond donors (Lipinski definition) is 1. The maximum atomic E-state index is 5.79. The third kappa shape index (κ3) is 3.26. The molecule has 2 rings (SSSR count). The van der Waals surface area contributed by atoms with Crippen molar-refractivity contribution < 1.29 is 4.74 Å². The quantitative estimate of drug-likeness (QED) is 0.903. The standard InChI is InChI=1S/C15H17BrN2O/c1-3-4-11-5-7-12(8-6-11)19-15-14(16)10(2)13(17)9-18-15/h5-9H,3-4,17H2,1-2H3. The van der Waals surface area contributed by atoms with Crippen LogP contribution in [0.4, 0.5) is 5.69 Å². The van der Waals surface area contributed by atoms with Gasteiger partial charge in [-0.1, -0.05) is 25.5 Å². The maximum absolute atomic E-state index is 5.79. The summed E-state index contributed by atoms with van der Waals surface area (Å²) in [6.07, 6.45) is 3.84. The molecule has 3 nitrogen and oxygen atoms in total. The number of halogens is 1. The highest BCUT2D eigenvalue weighted by Crippen LogP contribution is 2.32. The molecule has 0 saturated carbocycles. The minimum absolute atomic E-state index is 0.537. The molecule has 0 bridgehead atoms. The van der Waals surface area contributed by atoms with Crippen LogP contribution in [0, 0.1) is 6.92 Å². The third-order valence-electron chi connectivity index (χ3n) is 2.95. The average Bonchev–Trinajstić information content (AvgIpc) is 2.42. The smallest absolute Gasteiger partial charge is 0.233 e. The maximum Gasteiger partial charge on any atom is 0.233 e. The van der Waals surface area contributed by atoms with E-state index in [9.17, 15) is 0 Å². The molecule has 0 aliphatic heterocycles. The zero-order valence-electron chi connectivity index (χ0n) is 11.1. The van der Waals surface area contributed by atoms with Crippen LogP contribution >= 0.6 is 15.9 Å². The molecule has 4 heteroatoms. The van der Waals surface area contributed by atoms with Crippen molar-refractivity contribution in [3.05, 3.63) is 46.1 Å². The van der Waals surface area contributed by atoms with Crippen LogP contribution in [-0.4, -0.2) is 4.98 Å². The van der Waals surface area contributed by atoms with Gasteiger partial charge in [-0.05, 0) is 52.5 Å². The Labute approximate surface area is 121 Å². The minimum Gasteiger partial charge on any atom is -0.438 e. The molecule has 0 radical (unpaired) electrons. The lowest BCUT2D eigenvalue weighted by Crippen LogP contribution is -1.96. The molecule has 0 amide bonds. The van der Waals surface area contributed by atoms with E-state index in [-0.39, 0.29) is 0 Å². The topological polar surface area (TPSA) is 48.1 Å². The summed E-state index contributed by atoms with van der Waals surface area (Å²) in [6.45, 7) is 4.10. The molecule has 0 aliphatic rings. The average molecular weight is 321 g/mol. The van der Waals surface area contributed by atoms with Gasteiger partial charge in [0.1, 0.15) is 5.75 Å². The fourth-order valence-corrected chi connectivity index (χ4v) is 2.18. The van der Waals surface area contributed by atoms with Crippen molar-refractivity contribution in [2.24, 2.45) is 0 Å². The molecule has 19 heavy (non-hydrogen) atoms. The number of aryl methyl sites for hydroxylation is 1. The number of nitrogens with zero attached hydrogens (tertiary/aromatic N) is 1. The molecular weight excluding hydrogens is 304 g/mol. The Hall–Kier alpha value is -1.55. The zero-order chi connectivity index (χ0) is 13.8. The zero-order valence-corrected chi connectivity index (χ0v) is 12.7. The van der Waals surface area contributed by atoms with Gasteiger partial charge < -0.3 is 10.5 Å². The lowest BCUT2D eigenvalue weighted by molar-refractivity contribution is 0.459. The van der Waals surface area contributed by atoms with Crippen molar-refractivity contribution in [1.82, 2.24) is 4.98 Å². The van der Waals surface area contributed by atoms with Crippen LogP contribution in [-0.2, 0) is 6.42 Å². The van der Waals surface area contributed by atoms with Crippen molar-refractivity contribution >= 4 is 21.6 Å². The molecule has 2 aromatic rings. The van der Waals surface area contributed by atoms with E-state index in [1.165, 1.54) is 5.56 Å². The first kappa shape index (κ1) is 13.9. The molecule has 0 spiro atoms. The second kappa shape index (κ2) is 6.06. The molecule has 0 saturated heterocycles. The highest BCUT2D eigenvalue weighted by molar-refractivity contribution is 9.10. The van der Waals surface area contributed by atoms with E-state index in [1.54, 1.807) is 6.20 Å². The molecule has 1 heterocycles. The molecular formula is C15H17BrN2O. The van der Waals surface area contributed by atoms with Gasteiger partial charge in [0.2, 0.25) is 5.88 Å². The van der Waals surface area contributed by atoms with Crippen LogP contribution < -0.4 is 10.5 Å². The predicted octanol–water partition coefficient (Wildman–Crippen LogP) is 4.48. The fraction of sp³-hybridized carbons (Fsp3) is 0.267. The van der Waals surface area contributed by atoms with E-state index < -0.39 is 0 Å². The molecule has 1 aromatic carbocycles. The van der Waals surface area contributed by atoms with Crippen molar-refractivity contribution in [3.63, 3.8) is 0 Å². The van der Waals surface area contributed by atoms with Crippen LogP contribution in [0.3, 0.4) is 0 Å². The minimum atomic E-state index is 0.537. The monoisotopic (exact) mass is 320 g/mol. The molecule has 0 atom stereocenters. The van der Waals surface area contributed by atoms with Gasteiger partial charge in [-0.3, -0.25) is 0 Å². The Morgan fingerprint density at radius 1 is 1.26 bits per heavy atom. The lowest BCUT2D eigenvalue weighted by atomic mass is 10.1. The SMILES string of the molecule is CCCc1ccc(Oc2ncc(N)c(C)c2Br)cc1. The van der Waals surface area contributed by atoms with E-state index in [4.69, 9.17) is 10.5 Å². The highest BCUT2D eigenvalue weighted by Gasteiger charge is 2.09. The molecule has 0 unspecified atom stereocenters. The molecule has 1 aromatic heterocycles. The Bertz CT molecular complexity index is 567. The Morgan fingerprint density at radius 2 is 1.95 bits per heavy atom. The molecule has 2 N–H and O–H groups in total. The van der Waals surface area contributed by atoms with Gasteiger partial charge in [-0.25, -0.2) is 4.98 Å². The van der Waals surface area contributed by atoms with Gasteiger partial charge in [0.25, 0.3) is 0 Å². The fourth-order valence-electron chi connectivity index (χ4n) is 1.76. The molecule has 100 valence electrons. The lowest BCUT2D eigenvalue weighted by Gasteiger charge is -2.10. The first-order valence-electron chi connectivity index (χ1n) is 6.29. The summed E-state index contributed by atoms with van der Waals surface area (Å²) in [5.74, 6) is 1.31. The number of hydrogen-bond acceptors (Lipinski definition) is 3. The van der Waals surface area contributed by atoms with Crippen molar-refractivity contribution in [2.45, 2.75) is 26.7 Å². The van der Waals surface area contributed by atoms with Gasteiger partial charge >= 0.3 is 0 Å². The number of pyridine rings is 1. The number of nitrogen functional groups attached to an aromatic ring is 1. The van der Waals surface area contributed by atoms with Crippen LogP contribution in [0.25, 0.3) is 0 Å². The summed E-state index contributed by atoms with van der Waals surface area (Å²) in [5, 5.41) is 0. The Kier molecular flexibility index (Phi) is 4.43. The summed E-state index contributed by atoms with van der Waals surface area (Å²) in [5.41, 5.74) is 8.69. The number of anilines is 1. The van der Waals surface area contributed by atoms with Gasteiger partial charge in [0, 0.05) is 0 Å². The van der Waals surface area contributed by atoms with Gasteiger partial charge in [0.15, 0.2) is 0 Å². The molecule has 0 aliphatic carbocycles. The van der Waals surface area contributed by atoms with E-state index in [0.29, 0.717) is 11.6 Å². The summed E-state index contributed by atoms with van der Waals surface area (Å²) in [7, 11) is 0. The normalized spacial score (nSPS) is 10.5. The van der Waals surface area contributed by atoms with Gasteiger partial charge in [-0.2, -0.15) is 0 Å². The van der Waals surface area contributed by atoms with Crippen molar-refractivity contribution in [3.8, 4) is 11.6 Å². The van der Waals surface area contributed by atoms with E-state index >= 15 is 0 Å². The van der Waals surface area contributed by atoms with Crippen molar-refractivity contribution in [1.29, 1.82) is 0 Å².